The molecule has 2 N–H and O–H groups in total. The van der Waals surface area contributed by atoms with E-state index >= 15 is 0 Å². The van der Waals surface area contributed by atoms with Gasteiger partial charge in [-0.1, -0.05) is 19.3 Å². The lowest BCUT2D eigenvalue weighted by atomic mass is 9.96. The largest absolute Gasteiger partial charge is 0.339 e. The summed E-state index contributed by atoms with van der Waals surface area (Å²) in [6, 6.07) is 6.60. The number of sulfonamides is 1. The van der Waals surface area contributed by atoms with Crippen molar-refractivity contribution in [3.8, 4) is 0 Å². The predicted molar refractivity (Wildman–Crippen MR) is 109 cm³/mol. The van der Waals surface area contributed by atoms with Crippen molar-refractivity contribution in [2.45, 2.75) is 61.9 Å². The first kappa shape index (κ1) is 22.1. The van der Waals surface area contributed by atoms with Gasteiger partial charge in [0.25, 0.3) is 5.91 Å². The number of hydrogen-bond acceptors (Lipinski definition) is 4. The lowest BCUT2D eigenvalue weighted by Gasteiger charge is -2.31. The number of hydrogen-bond donors (Lipinski definition) is 1. The van der Waals surface area contributed by atoms with Crippen LogP contribution in [-0.4, -0.2) is 55.8 Å². The van der Waals surface area contributed by atoms with Crippen LogP contribution in [0, 0.1) is 0 Å². The molecule has 2 aliphatic rings. The zero-order valence-electron chi connectivity index (χ0n) is 15.8. The van der Waals surface area contributed by atoms with E-state index in [-0.39, 0.29) is 35.3 Å². The van der Waals surface area contributed by atoms with E-state index < -0.39 is 10.0 Å². The number of benzene rings is 1. The van der Waals surface area contributed by atoms with Gasteiger partial charge in [0.05, 0.1) is 4.90 Å². The van der Waals surface area contributed by atoms with Gasteiger partial charge < -0.3 is 10.6 Å². The van der Waals surface area contributed by atoms with Crippen molar-refractivity contribution in [2.75, 3.05) is 20.1 Å². The number of nitrogens with two attached hydrogens (primary N) is 1. The molecule has 27 heavy (non-hydrogen) atoms. The maximum atomic E-state index is 12.9. The fourth-order valence-corrected chi connectivity index (χ4v) is 5.28. The molecule has 1 aliphatic heterocycles. The summed E-state index contributed by atoms with van der Waals surface area (Å²) in [6.45, 7) is 1.31. The molecule has 1 aromatic carbocycles. The van der Waals surface area contributed by atoms with Crippen molar-refractivity contribution in [1.29, 1.82) is 0 Å². The Morgan fingerprint density at radius 2 is 1.59 bits per heavy atom. The highest BCUT2D eigenvalue weighted by Gasteiger charge is 2.29. The first-order valence-electron chi connectivity index (χ1n) is 9.52. The molecule has 0 bridgehead atoms. The molecule has 0 aromatic heterocycles. The Balaban J connectivity index is 0.00000261. The second-order valence-corrected chi connectivity index (χ2v) is 9.46. The van der Waals surface area contributed by atoms with E-state index in [1.54, 1.807) is 36.2 Å². The minimum Gasteiger partial charge on any atom is -0.339 e. The molecule has 0 spiro atoms. The average Bonchev–Trinajstić information content (AvgIpc) is 2.68. The van der Waals surface area contributed by atoms with Crippen LogP contribution in [0.4, 0.5) is 0 Å². The zero-order valence-corrected chi connectivity index (χ0v) is 17.5. The van der Waals surface area contributed by atoms with Crippen LogP contribution in [0.3, 0.4) is 0 Å². The molecule has 1 amide bonds. The summed E-state index contributed by atoms with van der Waals surface area (Å²) in [5, 5.41) is 0. The zero-order chi connectivity index (χ0) is 18.7. The van der Waals surface area contributed by atoms with Gasteiger partial charge in [0, 0.05) is 37.8 Å². The van der Waals surface area contributed by atoms with Crippen molar-refractivity contribution in [3.05, 3.63) is 29.8 Å². The molecule has 3 rings (SSSR count). The van der Waals surface area contributed by atoms with E-state index in [9.17, 15) is 13.2 Å². The van der Waals surface area contributed by atoms with Gasteiger partial charge in [-0.15, -0.1) is 12.4 Å². The number of nitrogens with zero attached hydrogens (tertiary/aromatic N) is 2. The Kier molecular flexibility index (Phi) is 7.68. The Morgan fingerprint density at radius 3 is 2.15 bits per heavy atom. The van der Waals surface area contributed by atoms with E-state index in [1.165, 1.54) is 10.7 Å². The monoisotopic (exact) mass is 415 g/mol. The summed E-state index contributed by atoms with van der Waals surface area (Å²) < 4.78 is 27.2. The third-order valence-corrected chi connectivity index (χ3v) is 7.62. The molecule has 0 radical (unpaired) electrons. The summed E-state index contributed by atoms with van der Waals surface area (Å²) in [5.74, 6) is -0.0542. The minimum atomic E-state index is -3.52. The van der Waals surface area contributed by atoms with Gasteiger partial charge in [0.15, 0.2) is 0 Å². The van der Waals surface area contributed by atoms with Gasteiger partial charge in [-0.25, -0.2) is 8.42 Å². The number of likely N-dealkylation sites (tertiary alicyclic amines) is 1. The van der Waals surface area contributed by atoms with Crippen molar-refractivity contribution in [2.24, 2.45) is 5.73 Å². The molecule has 1 aliphatic carbocycles. The van der Waals surface area contributed by atoms with Crippen LogP contribution < -0.4 is 5.73 Å². The molecule has 1 aromatic rings. The maximum absolute atomic E-state index is 12.9. The number of amides is 1. The van der Waals surface area contributed by atoms with Crippen LogP contribution >= 0.6 is 12.4 Å². The number of halogens is 1. The van der Waals surface area contributed by atoms with E-state index in [2.05, 4.69) is 0 Å². The minimum absolute atomic E-state index is 0. The molecular weight excluding hydrogens is 386 g/mol. The second-order valence-electron chi connectivity index (χ2n) is 7.47. The Bertz CT molecular complexity index is 725. The third kappa shape index (κ3) is 5.02. The van der Waals surface area contributed by atoms with Gasteiger partial charge in [0.2, 0.25) is 10.0 Å². The van der Waals surface area contributed by atoms with Crippen molar-refractivity contribution >= 4 is 28.3 Å². The number of carbonyl (C=O) groups excluding carboxylic acids is 1. The van der Waals surface area contributed by atoms with Gasteiger partial charge >= 0.3 is 0 Å². The highest BCUT2D eigenvalue weighted by Crippen LogP contribution is 2.26. The molecule has 152 valence electrons. The quantitative estimate of drug-likeness (QED) is 0.819. The first-order valence-corrected chi connectivity index (χ1v) is 11.0. The van der Waals surface area contributed by atoms with Crippen LogP contribution in [0.5, 0.6) is 0 Å². The van der Waals surface area contributed by atoms with Crippen molar-refractivity contribution in [1.82, 2.24) is 9.21 Å². The number of carbonyl (C=O) groups is 1. The standard InChI is InChI=1S/C19H29N3O3S.ClH/c1-21(17-5-3-2-4-6-17)26(24,25)18-9-7-15(8-10-18)19(23)22-13-11-16(20)12-14-22;/h7-10,16-17H,2-6,11-14,20H2,1H3;1H. The molecule has 1 heterocycles. The normalized spacial score (nSPS) is 19.7. The summed E-state index contributed by atoms with van der Waals surface area (Å²) in [6.07, 6.45) is 6.80. The van der Waals surface area contributed by atoms with Crippen molar-refractivity contribution < 1.29 is 13.2 Å². The van der Waals surface area contributed by atoms with E-state index in [4.69, 9.17) is 5.73 Å². The smallest absolute Gasteiger partial charge is 0.253 e. The molecular formula is C19H30ClN3O3S. The predicted octanol–water partition coefficient (Wildman–Crippen LogP) is 2.62. The number of piperidine rings is 1. The lowest BCUT2D eigenvalue weighted by Crippen LogP contribution is -2.42. The molecule has 6 nitrogen and oxygen atoms in total. The fraction of sp³-hybridized carbons (Fsp3) is 0.632. The fourth-order valence-electron chi connectivity index (χ4n) is 3.86. The first-order chi connectivity index (χ1) is 12.4. The Labute approximate surface area is 168 Å². The number of rotatable bonds is 4. The summed E-state index contributed by atoms with van der Waals surface area (Å²) in [4.78, 5) is 14.6. The molecule has 8 heteroatoms. The van der Waals surface area contributed by atoms with Crippen LogP contribution in [0.15, 0.2) is 29.2 Å². The highest BCUT2D eigenvalue weighted by atomic mass is 35.5. The van der Waals surface area contributed by atoms with Crippen LogP contribution in [0.25, 0.3) is 0 Å². The van der Waals surface area contributed by atoms with Crippen LogP contribution in [0.1, 0.15) is 55.3 Å². The average molecular weight is 416 g/mol. The molecule has 1 saturated carbocycles. The summed E-state index contributed by atoms with van der Waals surface area (Å²) in [5.41, 5.74) is 6.41. The summed E-state index contributed by atoms with van der Waals surface area (Å²) in [7, 11) is -1.85. The van der Waals surface area contributed by atoms with Crippen LogP contribution in [-0.2, 0) is 10.0 Å². The van der Waals surface area contributed by atoms with Crippen LogP contribution in [0.2, 0.25) is 0 Å². The highest BCUT2D eigenvalue weighted by molar-refractivity contribution is 7.89. The van der Waals surface area contributed by atoms with Gasteiger partial charge in [0.1, 0.15) is 0 Å². The molecule has 1 saturated heterocycles. The van der Waals surface area contributed by atoms with Gasteiger partial charge in [-0.2, -0.15) is 4.31 Å². The van der Waals surface area contributed by atoms with Gasteiger partial charge in [-0.05, 0) is 49.9 Å². The lowest BCUT2D eigenvalue weighted by molar-refractivity contribution is 0.0714. The Hall–Kier alpha value is -1.15. The molecule has 2 fully saturated rings. The van der Waals surface area contributed by atoms with Crippen molar-refractivity contribution in [3.63, 3.8) is 0 Å². The van der Waals surface area contributed by atoms with E-state index in [0.717, 1.165) is 38.5 Å². The van der Waals surface area contributed by atoms with E-state index in [1.807, 2.05) is 0 Å². The summed E-state index contributed by atoms with van der Waals surface area (Å²) >= 11 is 0. The van der Waals surface area contributed by atoms with E-state index in [0.29, 0.717) is 18.7 Å². The maximum Gasteiger partial charge on any atom is 0.253 e. The topological polar surface area (TPSA) is 83.7 Å². The molecule has 0 unspecified atom stereocenters. The third-order valence-electron chi connectivity index (χ3n) is 5.69. The Morgan fingerprint density at radius 1 is 1.04 bits per heavy atom. The van der Waals surface area contributed by atoms with Gasteiger partial charge in [-0.3, -0.25) is 4.79 Å². The SMILES string of the molecule is CN(C1CCCCC1)S(=O)(=O)c1ccc(C(=O)N2CCC(N)CC2)cc1.Cl. The molecule has 0 atom stereocenters. The second kappa shape index (κ2) is 9.37.